The molecule has 77 heavy (non-hydrogen) atoms. The van der Waals surface area contributed by atoms with Crippen molar-refractivity contribution in [3.63, 3.8) is 0 Å². The molecular formula is C71H133NO5. The lowest BCUT2D eigenvalue weighted by Gasteiger charge is -2.22. The Kier molecular flexibility index (Phi) is 64.5. The molecule has 1 amide bonds. The van der Waals surface area contributed by atoms with Gasteiger partial charge in [-0.3, -0.25) is 9.59 Å². The minimum atomic E-state index is -0.663. The van der Waals surface area contributed by atoms with Crippen LogP contribution in [0.4, 0.5) is 0 Å². The summed E-state index contributed by atoms with van der Waals surface area (Å²) in [6.45, 7) is 4.90. The highest BCUT2D eigenvalue weighted by Gasteiger charge is 2.20. The summed E-state index contributed by atoms with van der Waals surface area (Å²) in [4.78, 5) is 24.5. The van der Waals surface area contributed by atoms with E-state index in [1.807, 2.05) is 0 Å². The number of aliphatic hydroxyl groups excluding tert-OH is 2. The van der Waals surface area contributed by atoms with Crippen LogP contribution in [-0.4, -0.2) is 47.4 Å². The van der Waals surface area contributed by atoms with Gasteiger partial charge in [0.15, 0.2) is 0 Å². The number of unbranched alkanes of at least 4 members (excludes halogenated alkanes) is 45. The predicted molar refractivity (Wildman–Crippen MR) is 338 cm³/mol. The molecule has 0 aromatic rings. The molecule has 0 fully saturated rings. The summed E-state index contributed by atoms with van der Waals surface area (Å²) in [5.74, 6) is -0.0328. The maximum absolute atomic E-state index is 12.5. The van der Waals surface area contributed by atoms with E-state index in [1.165, 1.54) is 276 Å². The fourth-order valence-electron chi connectivity index (χ4n) is 10.6. The van der Waals surface area contributed by atoms with Crippen LogP contribution in [0.15, 0.2) is 48.6 Å². The van der Waals surface area contributed by atoms with E-state index < -0.39 is 12.1 Å². The fourth-order valence-corrected chi connectivity index (χ4v) is 10.6. The maximum atomic E-state index is 12.5. The number of allylic oxidation sites excluding steroid dienone is 8. The Morgan fingerprint density at radius 1 is 0.364 bits per heavy atom. The average Bonchev–Trinajstić information content (AvgIpc) is 3.43. The van der Waals surface area contributed by atoms with Crippen LogP contribution in [-0.2, 0) is 14.3 Å². The first kappa shape index (κ1) is 74.8. The molecule has 0 aliphatic heterocycles. The SMILES string of the molecule is CCC/C=C\C/C=C\CCCCCCCC(=O)OCCCCCCCCCCC/C=C\C/C=C\CCCCCCCCCCCCCCCCCCCC(=O)NC(CO)C(O)CCCCCCCCCCCCCCCC. The van der Waals surface area contributed by atoms with Crippen LogP contribution in [0, 0.1) is 0 Å². The molecule has 0 spiro atoms. The maximum Gasteiger partial charge on any atom is 0.305 e. The van der Waals surface area contributed by atoms with Crippen LogP contribution in [0.3, 0.4) is 0 Å². The number of amides is 1. The average molecular weight is 1080 g/mol. The van der Waals surface area contributed by atoms with Crippen molar-refractivity contribution in [2.24, 2.45) is 0 Å². The van der Waals surface area contributed by atoms with Crippen molar-refractivity contribution in [1.82, 2.24) is 5.32 Å². The molecule has 0 heterocycles. The van der Waals surface area contributed by atoms with Crippen molar-refractivity contribution in [3.8, 4) is 0 Å². The number of hydrogen-bond acceptors (Lipinski definition) is 5. The van der Waals surface area contributed by atoms with E-state index in [2.05, 4.69) is 67.8 Å². The zero-order valence-corrected chi connectivity index (χ0v) is 51.7. The third-order valence-corrected chi connectivity index (χ3v) is 15.8. The van der Waals surface area contributed by atoms with E-state index in [1.54, 1.807) is 0 Å². The van der Waals surface area contributed by atoms with E-state index in [9.17, 15) is 19.8 Å². The number of hydrogen-bond donors (Lipinski definition) is 3. The number of rotatable bonds is 64. The highest BCUT2D eigenvalue weighted by Crippen LogP contribution is 2.18. The van der Waals surface area contributed by atoms with E-state index in [0.717, 1.165) is 57.8 Å². The molecule has 3 N–H and O–H groups in total. The molecule has 0 saturated heterocycles. The first-order chi connectivity index (χ1) is 38.0. The van der Waals surface area contributed by atoms with Gasteiger partial charge in [-0.15, -0.1) is 0 Å². The van der Waals surface area contributed by atoms with Gasteiger partial charge < -0.3 is 20.3 Å². The Hall–Kier alpha value is -2.18. The number of nitrogens with one attached hydrogen (secondary N) is 1. The number of carbonyl (C=O) groups excluding carboxylic acids is 2. The molecule has 6 heteroatoms. The van der Waals surface area contributed by atoms with Gasteiger partial charge in [-0.1, -0.05) is 319 Å². The highest BCUT2D eigenvalue weighted by molar-refractivity contribution is 5.76. The van der Waals surface area contributed by atoms with Gasteiger partial charge in [0.25, 0.3) is 0 Å². The van der Waals surface area contributed by atoms with Gasteiger partial charge in [0.1, 0.15) is 0 Å². The molecule has 0 aromatic heterocycles. The standard InChI is InChI=1S/C71H133NO5/c1-3-5-7-9-11-13-15-17-40-43-47-51-55-59-63-69(74)68(67-73)72-70(75)64-60-56-52-48-44-41-37-35-33-31-29-27-25-23-21-19-18-20-22-24-26-28-30-32-34-36-38-42-46-50-54-58-62-66-77-71(76)65-61-57-53-49-45-39-16-14-12-10-8-6-4-2/h8,10,14,16,22,24,28,30,68-69,73-74H,3-7,9,11-13,15,17-21,23,25-27,29,31-67H2,1-2H3,(H,72,75)/b10-8-,16-14-,24-22-,30-28-. The third-order valence-electron chi connectivity index (χ3n) is 15.8. The normalized spacial score (nSPS) is 12.8. The molecule has 6 nitrogen and oxygen atoms in total. The second kappa shape index (κ2) is 66.3. The topological polar surface area (TPSA) is 95.9 Å². The van der Waals surface area contributed by atoms with Crippen LogP contribution >= 0.6 is 0 Å². The molecule has 0 aliphatic rings. The molecule has 452 valence electrons. The molecule has 0 saturated carbocycles. The molecule has 2 atom stereocenters. The minimum absolute atomic E-state index is 0.00133. The molecule has 0 rings (SSSR count). The van der Waals surface area contributed by atoms with Gasteiger partial charge in [-0.05, 0) is 83.5 Å². The van der Waals surface area contributed by atoms with E-state index in [4.69, 9.17) is 4.74 Å². The van der Waals surface area contributed by atoms with Crippen molar-refractivity contribution in [2.75, 3.05) is 13.2 Å². The van der Waals surface area contributed by atoms with Crippen molar-refractivity contribution in [3.05, 3.63) is 48.6 Å². The Balaban J connectivity index is 3.38. The van der Waals surface area contributed by atoms with Gasteiger partial charge in [-0.25, -0.2) is 0 Å². The van der Waals surface area contributed by atoms with Crippen LogP contribution in [0.2, 0.25) is 0 Å². The predicted octanol–water partition coefficient (Wildman–Crippen LogP) is 22.1. The molecule has 0 aliphatic carbocycles. The summed E-state index contributed by atoms with van der Waals surface area (Å²) < 4.78 is 5.47. The first-order valence-corrected chi connectivity index (χ1v) is 34.4. The minimum Gasteiger partial charge on any atom is -0.466 e. The Morgan fingerprint density at radius 2 is 0.675 bits per heavy atom. The quantitative estimate of drug-likeness (QED) is 0.0320. The summed E-state index contributed by atoms with van der Waals surface area (Å²) in [6, 6.07) is -0.540. The monoisotopic (exact) mass is 1080 g/mol. The third kappa shape index (κ3) is 62.9. The van der Waals surface area contributed by atoms with Crippen molar-refractivity contribution in [1.29, 1.82) is 0 Å². The van der Waals surface area contributed by atoms with E-state index in [0.29, 0.717) is 25.9 Å². The zero-order chi connectivity index (χ0) is 55.7. The zero-order valence-electron chi connectivity index (χ0n) is 51.7. The van der Waals surface area contributed by atoms with Crippen molar-refractivity contribution < 1.29 is 24.5 Å². The van der Waals surface area contributed by atoms with Gasteiger partial charge in [-0.2, -0.15) is 0 Å². The lowest BCUT2D eigenvalue weighted by atomic mass is 10.0. The molecular weight excluding hydrogens is 947 g/mol. The number of esters is 1. The summed E-state index contributed by atoms with van der Waals surface area (Å²) in [5, 5.41) is 23.3. The van der Waals surface area contributed by atoms with Crippen LogP contribution in [0.25, 0.3) is 0 Å². The van der Waals surface area contributed by atoms with E-state index in [-0.39, 0.29) is 18.5 Å². The summed E-state index contributed by atoms with van der Waals surface area (Å²) >= 11 is 0. The Bertz CT molecular complexity index is 1290. The summed E-state index contributed by atoms with van der Waals surface area (Å²) in [5.41, 5.74) is 0. The molecule has 0 radical (unpaired) electrons. The van der Waals surface area contributed by atoms with Crippen LogP contribution in [0.1, 0.15) is 367 Å². The highest BCUT2D eigenvalue weighted by atomic mass is 16.5. The lowest BCUT2D eigenvalue weighted by Crippen LogP contribution is -2.45. The van der Waals surface area contributed by atoms with E-state index >= 15 is 0 Å². The first-order valence-electron chi connectivity index (χ1n) is 34.4. The molecule has 0 aromatic carbocycles. The number of aliphatic hydroxyl groups is 2. The number of carbonyl (C=O) groups is 2. The Morgan fingerprint density at radius 3 is 1.04 bits per heavy atom. The second-order valence-corrected chi connectivity index (χ2v) is 23.5. The van der Waals surface area contributed by atoms with Crippen molar-refractivity contribution >= 4 is 11.9 Å². The summed E-state index contributed by atoms with van der Waals surface area (Å²) in [6.07, 6.45) is 85.9. The summed E-state index contributed by atoms with van der Waals surface area (Å²) in [7, 11) is 0. The second-order valence-electron chi connectivity index (χ2n) is 23.5. The van der Waals surface area contributed by atoms with Crippen LogP contribution in [0.5, 0.6) is 0 Å². The largest absolute Gasteiger partial charge is 0.466 e. The van der Waals surface area contributed by atoms with Crippen LogP contribution < -0.4 is 5.32 Å². The van der Waals surface area contributed by atoms with Crippen molar-refractivity contribution in [2.45, 2.75) is 379 Å². The molecule has 0 bridgehead atoms. The van der Waals surface area contributed by atoms with Gasteiger partial charge in [0.2, 0.25) is 5.91 Å². The molecule has 2 unspecified atom stereocenters. The lowest BCUT2D eigenvalue weighted by molar-refractivity contribution is -0.143. The Labute approximate surface area is 480 Å². The van der Waals surface area contributed by atoms with Gasteiger partial charge in [0, 0.05) is 12.8 Å². The van der Waals surface area contributed by atoms with Gasteiger partial charge in [0.05, 0.1) is 25.4 Å². The fraction of sp³-hybridized carbons (Fsp3) is 0.859. The van der Waals surface area contributed by atoms with Gasteiger partial charge >= 0.3 is 5.97 Å². The number of ether oxygens (including phenoxy) is 1. The smallest absolute Gasteiger partial charge is 0.305 e.